The van der Waals surface area contributed by atoms with E-state index in [0.717, 1.165) is 33.7 Å². The smallest absolute Gasteiger partial charge is 0.306 e. The van der Waals surface area contributed by atoms with Crippen LogP contribution in [0, 0.1) is 27.7 Å². The molecule has 3 aromatic rings. The molecule has 36 heavy (non-hydrogen) atoms. The number of aryl methyl sites for hydroxylation is 4. The van der Waals surface area contributed by atoms with Crippen molar-refractivity contribution in [2.24, 2.45) is 0 Å². The van der Waals surface area contributed by atoms with Gasteiger partial charge in [-0.05, 0) is 63.1 Å². The number of nitrogens with zero attached hydrogens (tertiary/aromatic N) is 1. The Morgan fingerprint density at radius 2 is 1.50 bits per heavy atom. The number of anilines is 3. The predicted molar refractivity (Wildman–Crippen MR) is 140 cm³/mol. The number of hydrogen-bond donors (Lipinski definition) is 3. The summed E-state index contributed by atoms with van der Waals surface area (Å²) in [6.07, 6.45) is -0.0163. The first-order valence-corrected chi connectivity index (χ1v) is 12.0. The van der Waals surface area contributed by atoms with Gasteiger partial charge >= 0.3 is 5.97 Å². The first-order chi connectivity index (χ1) is 17.1. The number of aromatic nitrogens is 1. The number of carbonyl (C=O) groups excluding carboxylic acids is 4. The van der Waals surface area contributed by atoms with E-state index in [1.807, 2.05) is 32.9 Å². The fourth-order valence-corrected chi connectivity index (χ4v) is 4.48. The quantitative estimate of drug-likeness (QED) is 0.376. The highest BCUT2D eigenvalue weighted by Gasteiger charge is 2.19. The summed E-state index contributed by atoms with van der Waals surface area (Å²) in [5, 5.41) is 8.64. The number of thiazole rings is 1. The molecule has 9 nitrogen and oxygen atoms in total. The van der Waals surface area contributed by atoms with Gasteiger partial charge in [0.05, 0.1) is 19.2 Å². The maximum Gasteiger partial charge on any atom is 0.306 e. The molecule has 1 heterocycles. The minimum absolute atomic E-state index is 0.00271. The molecule has 2 aromatic carbocycles. The molecule has 0 bridgehead atoms. The molecule has 0 radical (unpaired) electrons. The predicted octanol–water partition coefficient (Wildman–Crippen LogP) is 4.77. The molecular formula is C26H28N4O5S. The van der Waals surface area contributed by atoms with Crippen molar-refractivity contribution in [2.75, 3.05) is 23.1 Å². The van der Waals surface area contributed by atoms with Gasteiger partial charge in [0.2, 0.25) is 5.91 Å². The highest BCUT2D eigenvalue weighted by molar-refractivity contribution is 7.17. The van der Waals surface area contributed by atoms with Gasteiger partial charge in [0.1, 0.15) is 4.88 Å². The lowest BCUT2D eigenvalue weighted by atomic mass is 10.1. The number of amides is 3. The van der Waals surface area contributed by atoms with Gasteiger partial charge in [-0.2, -0.15) is 0 Å². The average Bonchev–Trinajstić information content (AvgIpc) is 3.19. The maximum atomic E-state index is 12.9. The summed E-state index contributed by atoms with van der Waals surface area (Å²) in [5.41, 5.74) is 5.19. The van der Waals surface area contributed by atoms with E-state index in [2.05, 4.69) is 25.7 Å². The molecule has 0 aliphatic heterocycles. The lowest BCUT2D eigenvalue weighted by Gasteiger charge is -2.12. The van der Waals surface area contributed by atoms with Crippen molar-refractivity contribution in [3.63, 3.8) is 0 Å². The Kier molecular flexibility index (Phi) is 8.55. The number of carbonyl (C=O) groups is 4. The number of rotatable bonds is 8. The first kappa shape index (κ1) is 26.6. The second-order valence-corrected chi connectivity index (χ2v) is 9.32. The summed E-state index contributed by atoms with van der Waals surface area (Å²) in [6.45, 7) is 7.61. The fraction of sp³-hybridized carbons (Fsp3) is 0.269. The number of esters is 1. The van der Waals surface area contributed by atoms with Gasteiger partial charge in [0, 0.05) is 23.4 Å². The van der Waals surface area contributed by atoms with Crippen LogP contribution in [-0.2, 0) is 14.3 Å². The van der Waals surface area contributed by atoms with Gasteiger partial charge in [0.15, 0.2) is 5.13 Å². The Hall–Kier alpha value is -4.05. The van der Waals surface area contributed by atoms with Crippen molar-refractivity contribution in [3.8, 4) is 0 Å². The summed E-state index contributed by atoms with van der Waals surface area (Å²) in [6, 6.07) is 10.3. The number of ether oxygens (including phenoxy) is 1. The zero-order valence-electron chi connectivity index (χ0n) is 20.8. The van der Waals surface area contributed by atoms with Crippen LogP contribution in [0.5, 0.6) is 0 Å². The van der Waals surface area contributed by atoms with Crippen LogP contribution in [0.2, 0.25) is 0 Å². The first-order valence-electron chi connectivity index (χ1n) is 11.2. The number of methoxy groups -OCH3 is 1. The van der Waals surface area contributed by atoms with Crippen LogP contribution in [0.25, 0.3) is 0 Å². The Bertz CT molecular complexity index is 1290. The van der Waals surface area contributed by atoms with Crippen LogP contribution < -0.4 is 16.0 Å². The van der Waals surface area contributed by atoms with Crippen LogP contribution >= 0.6 is 11.3 Å². The molecular weight excluding hydrogens is 480 g/mol. The minimum Gasteiger partial charge on any atom is -0.469 e. The normalized spacial score (nSPS) is 10.5. The van der Waals surface area contributed by atoms with E-state index >= 15 is 0 Å². The summed E-state index contributed by atoms with van der Waals surface area (Å²) in [4.78, 5) is 53.4. The van der Waals surface area contributed by atoms with Crippen molar-refractivity contribution >= 4 is 51.5 Å². The lowest BCUT2D eigenvalue weighted by molar-refractivity contribution is -0.141. The molecule has 0 saturated heterocycles. The van der Waals surface area contributed by atoms with Crippen LogP contribution in [0.4, 0.5) is 16.5 Å². The van der Waals surface area contributed by atoms with E-state index in [0.29, 0.717) is 27.0 Å². The third-order valence-electron chi connectivity index (χ3n) is 5.35. The molecule has 0 aliphatic rings. The third kappa shape index (κ3) is 6.76. The Balaban J connectivity index is 1.62. The van der Waals surface area contributed by atoms with Gasteiger partial charge < -0.3 is 15.4 Å². The Morgan fingerprint density at radius 1 is 0.861 bits per heavy atom. The van der Waals surface area contributed by atoms with Crippen molar-refractivity contribution < 1.29 is 23.9 Å². The zero-order valence-corrected chi connectivity index (χ0v) is 21.6. The van der Waals surface area contributed by atoms with E-state index in [4.69, 9.17) is 0 Å². The average molecular weight is 509 g/mol. The molecule has 0 saturated carbocycles. The molecule has 3 rings (SSSR count). The number of benzene rings is 2. The maximum absolute atomic E-state index is 12.9. The zero-order chi connectivity index (χ0) is 26.4. The van der Waals surface area contributed by atoms with Gasteiger partial charge in [-0.25, -0.2) is 4.98 Å². The molecule has 0 fully saturated rings. The molecule has 0 atom stereocenters. The van der Waals surface area contributed by atoms with Gasteiger partial charge in [-0.3, -0.25) is 24.5 Å². The van der Waals surface area contributed by atoms with Gasteiger partial charge in [0.25, 0.3) is 11.8 Å². The summed E-state index contributed by atoms with van der Waals surface area (Å²) < 4.78 is 4.51. The van der Waals surface area contributed by atoms with E-state index < -0.39 is 11.9 Å². The molecule has 188 valence electrons. The van der Waals surface area contributed by atoms with Crippen molar-refractivity contribution in [3.05, 3.63) is 69.2 Å². The molecule has 10 heteroatoms. The van der Waals surface area contributed by atoms with Crippen LogP contribution in [0.3, 0.4) is 0 Å². The highest BCUT2D eigenvalue weighted by atomic mass is 32.1. The largest absolute Gasteiger partial charge is 0.469 e. The van der Waals surface area contributed by atoms with E-state index in [1.54, 1.807) is 31.2 Å². The summed E-state index contributed by atoms with van der Waals surface area (Å²) >= 11 is 1.10. The highest BCUT2D eigenvalue weighted by Crippen LogP contribution is 2.27. The second-order valence-electron chi connectivity index (χ2n) is 8.32. The lowest BCUT2D eigenvalue weighted by Crippen LogP contribution is -2.14. The fourth-order valence-electron chi connectivity index (χ4n) is 3.62. The van der Waals surface area contributed by atoms with Crippen molar-refractivity contribution in [1.29, 1.82) is 0 Å². The Labute approximate surface area is 213 Å². The van der Waals surface area contributed by atoms with Crippen LogP contribution in [-0.4, -0.2) is 35.8 Å². The summed E-state index contributed by atoms with van der Waals surface area (Å²) in [7, 11) is 1.26. The van der Waals surface area contributed by atoms with Crippen LogP contribution in [0.15, 0.2) is 36.4 Å². The van der Waals surface area contributed by atoms with E-state index in [9.17, 15) is 19.2 Å². The molecule has 1 aromatic heterocycles. The molecule has 0 unspecified atom stereocenters. The third-order valence-corrected chi connectivity index (χ3v) is 6.43. The van der Waals surface area contributed by atoms with E-state index in [-0.39, 0.29) is 24.7 Å². The second kappa shape index (κ2) is 11.6. The molecule has 3 amide bonds. The molecule has 0 aliphatic carbocycles. The van der Waals surface area contributed by atoms with Crippen molar-refractivity contribution in [2.45, 2.75) is 40.5 Å². The standard InChI is InChI=1S/C26H28N4O5S/c1-14-12-15(2)22(16(3)13-14)29-25(34)23-17(4)27-26(36-23)30-24(33)18-6-8-19(9-7-18)28-20(31)10-11-21(32)35-5/h6-9,12-13H,10-11H2,1-5H3,(H,28,31)(H,29,34)(H,27,30,33). The SMILES string of the molecule is COC(=O)CCC(=O)Nc1ccc(C(=O)Nc2nc(C)c(C(=O)Nc3c(C)cc(C)cc3C)s2)cc1. The molecule has 0 spiro atoms. The summed E-state index contributed by atoms with van der Waals surface area (Å²) in [5.74, 6) is -1.48. The molecule has 3 N–H and O–H groups in total. The topological polar surface area (TPSA) is 126 Å². The van der Waals surface area contributed by atoms with Crippen LogP contribution in [0.1, 0.15) is 55.3 Å². The number of hydrogen-bond acceptors (Lipinski definition) is 7. The van der Waals surface area contributed by atoms with Crippen molar-refractivity contribution in [1.82, 2.24) is 4.98 Å². The minimum atomic E-state index is -0.462. The number of nitrogens with one attached hydrogen (secondary N) is 3. The monoisotopic (exact) mass is 508 g/mol. The van der Waals surface area contributed by atoms with Gasteiger partial charge in [-0.1, -0.05) is 29.0 Å². The van der Waals surface area contributed by atoms with Gasteiger partial charge in [-0.15, -0.1) is 0 Å². The Morgan fingerprint density at radius 3 is 2.11 bits per heavy atom. The van der Waals surface area contributed by atoms with E-state index in [1.165, 1.54) is 7.11 Å².